The average molecular weight is 414 g/mol. The maximum absolute atomic E-state index is 8.75. The zero-order valence-corrected chi connectivity index (χ0v) is 19.4. The molecule has 0 spiro atoms. The van der Waals surface area contributed by atoms with Crippen molar-refractivity contribution in [2.24, 2.45) is 0 Å². The number of aliphatic hydroxyl groups excluding tert-OH is 1. The molecule has 0 radical (unpaired) electrons. The Morgan fingerprint density at radius 3 is 1.66 bits per heavy atom. The second-order valence-electron chi connectivity index (χ2n) is 8.54. The van der Waals surface area contributed by atoms with Gasteiger partial charge < -0.3 is 24.1 Å². The van der Waals surface area contributed by atoms with Crippen LogP contribution in [-0.2, 0) is 18.9 Å². The minimum atomic E-state index is -0.0366. The Morgan fingerprint density at radius 2 is 1.21 bits per heavy atom. The van der Waals surface area contributed by atoms with Crippen LogP contribution in [0.3, 0.4) is 0 Å². The minimum Gasteiger partial charge on any atom is -0.396 e. The van der Waals surface area contributed by atoms with Crippen molar-refractivity contribution in [2.75, 3.05) is 34.0 Å². The van der Waals surface area contributed by atoms with Crippen molar-refractivity contribution in [3.05, 3.63) is 0 Å². The molecule has 4 atom stereocenters. The van der Waals surface area contributed by atoms with Crippen LogP contribution in [0.5, 0.6) is 0 Å². The van der Waals surface area contributed by atoms with E-state index in [0.29, 0.717) is 13.2 Å². The molecular formula is C23H47BO5. The summed E-state index contributed by atoms with van der Waals surface area (Å²) in [6.45, 7) is 1.69. The van der Waals surface area contributed by atoms with Gasteiger partial charge in [0.15, 0.2) is 0 Å². The van der Waals surface area contributed by atoms with Crippen molar-refractivity contribution in [3.63, 3.8) is 0 Å². The highest BCUT2D eigenvalue weighted by molar-refractivity contribution is 6.11. The molecule has 0 aromatic carbocycles. The van der Waals surface area contributed by atoms with Gasteiger partial charge in [0.2, 0.25) is 0 Å². The number of rotatable bonds is 20. The van der Waals surface area contributed by atoms with E-state index in [2.05, 4.69) is 7.85 Å². The van der Waals surface area contributed by atoms with E-state index >= 15 is 0 Å². The Labute approximate surface area is 180 Å². The molecule has 1 fully saturated rings. The van der Waals surface area contributed by atoms with E-state index in [1.54, 1.807) is 14.2 Å². The number of hydrogen-bond donors (Lipinski definition) is 1. The maximum Gasteiger partial charge on any atom is 0.142 e. The van der Waals surface area contributed by atoms with Crippen molar-refractivity contribution in [3.8, 4) is 0 Å². The Morgan fingerprint density at radius 1 is 0.724 bits per heavy atom. The third-order valence-corrected chi connectivity index (χ3v) is 6.01. The van der Waals surface area contributed by atoms with E-state index in [4.69, 9.17) is 24.1 Å². The second-order valence-corrected chi connectivity index (χ2v) is 8.54. The lowest BCUT2D eigenvalue weighted by molar-refractivity contribution is -0.0562. The molecule has 1 aliphatic rings. The highest BCUT2D eigenvalue weighted by Gasteiger charge is 2.43. The molecule has 0 aromatic heterocycles. The normalized spacial score (nSPS) is 24.4. The van der Waals surface area contributed by atoms with Crippen LogP contribution in [0.4, 0.5) is 0 Å². The van der Waals surface area contributed by atoms with Crippen LogP contribution < -0.4 is 0 Å². The SMILES string of the molecule is B[C@@H]1O[C@H](COC)[C@@H](OC)[C@H]1OCCCCCCCCCCCCCCCCO. The minimum absolute atomic E-state index is 0.00910. The van der Waals surface area contributed by atoms with Gasteiger partial charge in [0.1, 0.15) is 26.2 Å². The summed E-state index contributed by atoms with van der Waals surface area (Å²) < 4.78 is 22.8. The summed E-state index contributed by atoms with van der Waals surface area (Å²) in [6.07, 6.45) is 18.0. The Kier molecular flexibility index (Phi) is 17.3. The molecular weight excluding hydrogens is 367 g/mol. The first-order chi connectivity index (χ1) is 14.2. The highest BCUT2D eigenvalue weighted by Crippen LogP contribution is 2.25. The molecule has 29 heavy (non-hydrogen) atoms. The molecule has 0 aromatic rings. The van der Waals surface area contributed by atoms with Gasteiger partial charge in [-0.3, -0.25) is 0 Å². The predicted octanol–water partition coefficient (Wildman–Crippen LogP) is 3.84. The molecule has 5 nitrogen and oxygen atoms in total. The molecule has 0 unspecified atom stereocenters. The van der Waals surface area contributed by atoms with E-state index in [9.17, 15) is 0 Å². The van der Waals surface area contributed by atoms with Gasteiger partial charge in [0.05, 0.1) is 12.6 Å². The fraction of sp³-hybridized carbons (Fsp3) is 1.00. The van der Waals surface area contributed by atoms with E-state index < -0.39 is 0 Å². The fourth-order valence-corrected chi connectivity index (χ4v) is 4.28. The summed E-state index contributed by atoms with van der Waals surface area (Å²) in [5.74, 6) is 0. The lowest BCUT2D eigenvalue weighted by atomic mass is 9.92. The second kappa shape index (κ2) is 18.6. The number of ether oxygens (including phenoxy) is 4. The quantitative estimate of drug-likeness (QED) is 0.242. The third kappa shape index (κ3) is 12.3. The topological polar surface area (TPSA) is 57.2 Å². The summed E-state index contributed by atoms with van der Waals surface area (Å²) in [5, 5.41) is 8.75. The Balaban J connectivity index is 1.87. The van der Waals surface area contributed by atoms with Gasteiger partial charge in [0.25, 0.3) is 0 Å². The first-order valence-electron chi connectivity index (χ1n) is 12.1. The van der Waals surface area contributed by atoms with Crippen LogP contribution in [0.1, 0.15) is 89.9 Å². The van der Waals surface area contributed by atoms with Gasteiger partial charge in [-0.05, 0) is 12.8 Å². The molecule has 1 rings (SSSR count). The maximum atomic E-state index is 8.75. The fourth-order valence-electron chi connectivity index (χ4n) is 4.28. The molecule has 1 saturated heterocycles. The molecule has 0 bridgehead atoms. The van der Waals surface area contributed by atoms with E-state index in [1.165, 1.54) is 77.0 Å². The third-order valence-electron chi connectivity index (χ3n) is 6.01. The van der Waals surface area contributed by atoms with Crippen LogP contribution in [0.2, 0.25) is 0 Å². The first-order valence-corrected chi connectivity index (χ1v) is 12.1. The molecule has 0 amide bonds. The van der Waals surface area contributed by atoms with E-state index in [1.807, 2.05) is 0 Å². The van der Waals surface area contributed by atoms with Gasteiger partial charge in [-0.15, -0.1) is 0 Å². The van der Waals surface area contributed by atoms with Crippen molar-refractivity contribution in [1.82, 2.24) is 0 Å². The molecule has 1 aliphatic heterocycles. The predicted molar refractivity (Wildman–Crippen MR) is 121 cm³/mol. The summed E-state index contributed by atoms with van der Waals surface area (Å²) in [6, 6.07) is 0.0561. The number of unbranched alkanes of at least 4 members (excludes halogenated alkanes) is 13. The molecule has 1 heterocycles. The van der Waals surface area contributed by atoms with Crippen LogP contribution in [0.15, 0.2) is 0 Å². The van der Waals surface area contributed by atoms with Crippen molar-refractivity contribution in [2.45, 2.75) is 114 Å². The van der Waals surface area contributed by atoms with Crippen LogP contribution >= 0.6 is 0 Å². The lowest BCUT2D eigenvalue weighted by Gasteiger charge is -2.22. The molecule has 1 N–H and O–H groups in total. The monoisotopic (exact) mass is 414 g/mol. The van der Waals surface area contributed by atoms with Gasteiger partial charge >= 0.3 is 0 Å². The molecule has 172 valence electrons. The standard InChI is InChI=1S/C23H47BO5/c1-26-19-20-21(27-2)22(23(24)29-20)28-18-16-14-12-10-8-6-4-3-5-7-9-11-13-15-17-25/h20-23,25H,3-19,24H2,1-2H3/t20-,21-,22-,23-/m1/s1. The summed E-state index contributed by atoms with van der Waals surface area (Å²) >= 11 is 0. The van der Waals surface area contributed by atoms with Crippen molar-refractivity contribution in [1.29, 1.82) is 0 Å². The van der Waals surface area contributed by atoms with Gasteiger partial charge in [-0.1, -0.05) is 77.0 Å². The van der Waals surface area contributed by atoms with Crippen molar-refractivity contribution < 1.29 is 24.1 Å². The van der Waals surface area contributed by atoms with Crippen LogP contribution in [-0.4, -0.2) is 71.3 Å². The first kappa shape index (κ1) is 26.9. The zero-order valence-electron chi connectivity index (χ0n) is 19.4. The van der Waals surface area contributed by atoms with E-state index in [-0.39, 0.29) is 24.3 Å². The van der Waals surface area contributed by atoms with Gasteiger partial charge in [-0.25, -0.2) is 0 Å². The number of aliphatic hydroxyl groups is 1. The molecule has 0 aliphatic carbocycles. The molecule has 6 heteroatoms. The summed E-state index contributed by atoms with van der Waals surface area (Å²) in [4.78, 5) is 0. The highest BCUT2D eigenvalue weighted by atomic mass is 16.6. The van der Waals surface area contributed by atoms with Crippen molar-refractivity contribution >= 4 is 7.85 Å². The van der Waals surface area contributed by atoms with Crippen LogP contribution in [0.25, 0.3) is 0 Å². The Bertz CT molecular complexity index is 358. The zero-order chi connectivity index (χ0) is 21.2. The van der Waals surface area contributed by atoms with Gasteiger partial charge in [0, 0.05) is 27.4 Å². The number of hydrogen-bond acceptors (Lipinski definition) is 5. The number of methoxy groups -OCH3 is 2. The van der Waals surface area contributed by atoms with Crippen LogP contribution in [0, 0.1) is 0 Å². The smallest absolute Gasteiger partial charge is 0.142 e. The molecule has 0 saturated carbocycles. The van der Waals surface area contributed by atoms with E-state index in [0.717, 1.165) is 19.4 Å². The Hall–Kier alpha value is -0.135. The summed E-state index contributed by atoms with van der Waals surface area (Å²) in [5.41, 5.74) is 0. The largest absolute Gasteiger partial charge is 0.396 e. The van der Waals surface area contributed by atoms with Gasteiger partial charge in [-0.2, -0.15) is 0 Å². The lowest BCUT2D eigenvalue weighted by Crippen LogP contribution is -2.38. The average Bonchev–Trinajstić information content (AvgIpc) is 3.02. The summed E-state index contributed by atoms with van der Waals surface area (Å²) in [7, 11) is 5.48.